The fraction of sp³-hybridized carbons (Fsp3) is 0.182. The second-order valence-corrected chi connectivity index (χ2v) is 14.8. The first-order valence-corrected chi connectivity index (χ1v) is 20.7. The Bertz CT molecular complexity index is 2620. The number of carbonyl (C=O) groups is 6. The number of azo groups is 2. The molecule has 0 fully saturated rings. The molecule has 0 aliphatic carbocycles. The van der Waals surface area contributed by atoms with E-state index in [0.717, 1.165) is 25.0 Å². The number of nitrogens with one attached hydrogen (secondary N) is 4. The van der Waals surface area contributed by atoms with Crippen molar-refractivity contribution in [3.8, 4) is 11.5 Å². The molecule has 0 spiro atoms. The number of alkyl halides is 2. The predicted octanol–water partition coefficient (Wildman–Crippen LogP) is 10.4. The van der Waals surface area contributed by atoms with Gasteiger partial charge in [-0.15, -0.1) is 23.2 Å². The lowest BCUT2D eigenvalue weighted by Crippen LogP contribution is -2.32. The minimum absolute atomic E-state index is 0.00868. The van der Waals surface area contributed by atoms with Crippen LogP contribution in [0, 0.1) is 0 Å². The molecule has 0 aliphatic heterocycles. The molecule has 0 saturated heterocycles. The van der Waals surface area contributed by atoms with Crippen LogP contribution < -0.4 is 30.7 Å². The minimum atomic E-state index is -1.69. The third-order valence-electron chi connectivity index (χ3n) is 9.03. The Balaban J connectivity index is 1.30. The van der Waals surface area contributed by atoms with Gasteiger partial charge < -0.3 is 30.7 Å². The van der Waals surface area contributed by atoms with Crippen LogP contribution in [0.4, 0.5) is 34.1 Å². The minimum Gasteiger partial charge on any atom is -0.494 e. The largest absolute Gasteiger partial charge is 0.494 e. The Labute approximate surface area is 386 Å². The zero-order valence-corrected chi connectivity index (χ0v) is 37.4. The molecule has 4 N–H and O–H groups in total. The van der Waals surface area contributed by atoms with Crippen LogP contribution in [0.15, 0.2) is 118 Å². The molecule has 0 heterocycles. The molecular formula is C44H38Cl4N8O8. The number of amides is 4. The van der Waals surface area contributed by atoms with Gasteiger partial charge in [0.15, 0.2) is 11.6 Å². The number of ketones is 2. The van der Waals surface area contributed by atoms with Gasteiger partial charge in [-0.25, -0.2) is 0 Å². The molecule has 0 saturated carbocycles. The number of benzene rings is 5. The summed E-state index contributed by atoms with van der Waals surface area (Å²) in [5.74, 6) is -3.72. The summed E-state index contributed by atoms with van der Waals surface area (Å²) in [4.78, 5) is 78.4. The van der Waals surface area contributed by atoms with E-state index in [1.807, 2.05) is 0 Å². The lowest BCUT2D eigenvalue weighted by atomic mass is 10.1. The summed E-state index contributed by atoms with van der Waals surface area (Å²) in [5, 5.41) is 26.4. The van der Waals surface area contributed by atoms with Crippen LogP contribution in [0.5, 0.6) is 11.5 Å². The van der Waals surface area contributed by atoms with Crippen molar-refractivity contribution in [3.05, 3.63) is 129 Å². The number of halogens is 4. The monoisotopic (exact) mass is 946 g/mol. The lowest BCUT2D eigenvalue weighted by Gasteiger charge is -2.18. The molecule has 0 bridgehead atoms. The second-order valence-electron chi connectivity index (χ2n) is 13.5. The number of hydrogen-bond acceptors (Lipinski definition) is 12. The molecule has 4 amide bonds. The van der Waals surface area contributed by atoms with Gasteiger partial charge in [-0.2, -0.15) is 20.5 Å². The van der Waals surface area contributed by atoms with Gasteiger partial charge in [0.2, 0.25) is 12.1 Å². The molecule has 5 rings (SSSR count). The average Bonchev–Trinajstić information content (AvgIpc) is 3.28. The summed E-state index contributed by atoms with van der Waals surface area (Å²) in [5.41, 5.74) is 2.90. The molecule has 5 aromatic carbocycles. The topological polar surface area (TPSA) is 218 Å². The number of carbonyl (C=O) groups excluding carboxylic acids is 6. The van der Waals surface area contributed by atoms with Crippen molar-refractivity contribution in [3.63, 3.8) is 0 Å². The summed E-state index contributed by atoms with van der Waals surface area (Å²) in [6.07, 6.45) is 0. The van der Waals surface area contributed by atoms with Gasteiger partial charge in [0, 0.05) is 41.0 Å². The zero-order valence-electron chi connectivity index (χ0n) is 34.4. The van der Waals surface area contributed by atoms with Crippen molar-refractivity contribution in [1.29, 1.82) is 0 Å². The van der Waals surface area contributed by atoms with E-state index in [2.05, 4.69) is 41.7 Å². The van der Waals surface area contributed by atoms with E-state index >= 15 is 0 Å². The van der Waals surface area contributed by atoms with Crippen molar-refractivity contribution >= 4 is 116 Å². The van der Waals surface area contributed by atoms with E-state index in [-0.39, 0.29) is 55.4 Å². The van der Waals surface area contributed by atoms with Gasteiger partial charge in [-0.3, -0.25) is 28.8 Å². The molecule has 0 aromatic heterocycles. The van der Waals surface area contributed by atoms with Crippen molar-refractivity contribution in [1.82, 2.24) is 0 Å². The van der Waals surface area contributed by atoms with Gasteiger partial charge in [0.25, 0.3) is 23.6 Å². The van der Waals surface area contributed by atoms with Crippen molar-refractivity contribution in [2.45, 2.75) is 37.7 Å². The van der Waals surface area contributed by atoms with Crippen LogP contribution in [-0.4, -0.2) is 61.5 Å². The van der Waals surface area contributed by atoms with Gasteiger partial charge in [-0.05, 0) is 73.5 Å². The maximum absolute atomic E-state index is 13.6. The molecule has 20 heteroatoms. The third-order valence-corrected chi connectivity index (χ3v) is 10.4. The SMILES string of the molecule is COc1cc(NC(=O)C(N=Nc2cccc(C(=O)Nc3ccc(CCl)cc3)c2Cl)C(C)=O)cc(OC)c1NC(=O)C(N=Nc1cccc(C(=O)Nc2ccc(CCl)cc2)c1Cl)C(C)=O. The Morgan fingerprint density at radius 3 is 1.30 bits per heavy atom. The number of hydrogen-bond donors (Lipinski definition) is 4. The Morgan fingerprint density at radius 2 is 0.938 bits per heavy atom. The first-order chi connectivity index (χ1) is 30.7. The highest BCUT2D eigenvalue weighted by molar-refractivity contribution is 6.37. The first-order valence-electron chi connectivity index (χ1n) is 18.9. The average molecular weight is 949 g/mol. The number of ether oxygens (including phenoxy) is 2. The maximum atomic E-state index is 13.6. The van der Waals surface area contributed by atoms with E-state index in [1.165, 1.54) is 62.8 Å². The fourth-order valence-corrected chi connectivity index (χ4v) is 6.54. The third kappa shape index (κ3) is 12.3. The quantitative estimate of drug-likeness (QED) is 0.0375. The van der Waals surface area contributed by atoms with E-state index < -0.39 is 47.3 Å². The van der Waals surface area contributed by atoms with Crippen LogP contribution in [0.1, 0.15) is 45.7 Å². The second kappa shape index (κ2) is 22.6. The Morgan fingerprint density at radius 1 is 0.547 bits per heavy atom. The molecule has 5 aromatic rings. The molecule has 0 radical (unpaired) electrons. The van der Waals surface area contributed by atoms with Crippen LogP contribution >= 0.6 is 46.4 Å². The summed E-state index contributed by atoms with van der Waals surface area (Å²) >= 11 is 24.7. The van der Waals surface area contributed by atoms with Gasteiger partial charge in [-0.1, -0.05) is 59.6 Å². The highest BCUT2D eigenvalue weighted by atomic mass is 35.5. The smallest absolute Gasteiger partial charge is 0.259 e. The molecule has 330 valence electrons. The van der Waals surface area contributed by atoms with Crippen LogP contribution in [-0.2, 0) is 30.9 Å². The standard InChI is InChI=1S/C44H38Cl4N8O8/c1-23(57)38(55-53-32-9-5-7-30(36(32)47)41(59)49-27-15-11-25(21-45)12-16-27)43(61)51-29-19-34(63-3)40(35(20-29)64-4)52-44(62)39(24(2)58)56-54-33-10-6-8-31(37(33)48)42(60)50-28-17-13-26(22-46)14-18-28/h5-20,38-39H,21-22H2,1-4H3,(H,49,59)(H,50,60)(H,51,61)(H,52,62). The van der Waals surface area contributed by atoms with Crippen LogP contribution in [0.2, 0.25) is 10.0 Å². The zero-order chi connectivity index (χ0) is 46.5. The van der Waals surface area contributed by atoms with E-state index in [4.69, 9.17) is 55.9 Å². The maximum Gasteiger partial charge on any atom is 0.259 e. The highest BCUT2D eigenvalue weighted by Gasteiger charge is 2.28. The number of anilines is 4. The highest BCUT2D eigenvalue weighted by Crippen LogP contribution is 2.39. The predicted molar refractivity (Wildman–Crippen MR) is 246 cm³/mol. The van der Waals surface area contributed by atoms with Crippen molar-refractivity contribution in [2.75, 3.05) is 35.5 Å². The number of methoxy groups -OCH3 is 2. The Kier molecular flexibility index (Phi) is 17.0. The lowest BCUT2D eigenvalue weighted by molar-refractivity contribution is -0.127. The summed E-state index contributed by atoms with van der Waals surface area (Å²) in [6, 6.07) is 21.9. The van der Waals surface area contributed by atoms with E-state index in [0.29, 0.717) is 23.1 Å². The first kappa shape index (κ1) is 48.3. The molecule has 16 nitrogen and oxygen atoms in total. The fourth-order valence-electron chi connectivity index (χ4n) is 5.68. The van der Waals surface area contributed by atoms with Crippen molar-refractivity contribution < 1.29 is 38.2 Å². The summed E-state index contributed by atoms with van der Waals surface area (Å²) in [7, 11) is 2.56. The normalized spacial score (nSPS) is 12.0. The molecule has 0 aliphatic rings. The Hall–Kier alpha value is -6.72. The molecule has 2 atom stereocenters. The van der Waals surface area contributed by atoms with Crippen LogP contribution in [0.25, 0.3) is 0 Å². The summed E-state index contributed by atoms with van der Waals surface area (Å²) in [6.45, 7) is 2.27. The van der Waals surface area contributed by atoms with Gasteiger partial charge >= 0.3 is 0 Å². The van der Waals surface area contributed by atoms with Crippen LogP contribution in [0.3, 0.4) is 0 Å². The van der Waals surface area contributed by atoms with E-state index in [9.17, 15) is 28.8 Å². The molecule has 2 unspecified atom stereocenters. The number of rotatable bonds is 18. The van der Waals surface area contributed by atoms with Gasteiger partial charge in [0.05, 0.1) is 35.4 Å². The summed E-state index contributed by atoms with van der Waals surface area (Å²) < 4.78 is 11.0. The number of nitrogens with zero attached hydrogens (tertiary/aromatic N) is 4. The van der Waals surface area contributed by atoms with Gasteiger partial charge in [0.1, 0.15) is 28.6 Å². The number of Topliss-reactive ketones (excluding diaryl/α,β-unsaturated/α-hetero) is 2. The van der Waals surface area contributed by atoms with E-state index in [1.54, 1.807) is 48.5 Å². The molecule has 64 heavy (non-hydrogen) atoms. The molecular weight excluding hydrogens is 910 g/mol. The van der Waals surface area contributed by atoms with Crippen molar-refractivity contribution in [2.24, 2.45) is 20.5 Å².